The Hall–Kier alpha value is -1.99. The van der Waals surface area contributed by atoms with Crippen LogP contribution in [-0.2, 0) is 6.42 Å². The zero-order valence-electron chi connectivity index (χ0n) is 9.99. The van der Waals surface area contributed by atoms with Crippen LogP contribution < -0.4 is 10.5 Å². The molecule has 0 unspecified atom stereocenters. The number of nitriles is 1. The Morgan fingerprint density at radius 3 is 3.00 bits per heavy atom. The van der Waals surface area contributed by atoms with Gasteiger partial charge in [-0.05, 0) is 41.8 Å². The summed E-state index contributed by atoms with van der Waals surface area (Å²) in [6.07, 6.45) is 0.953. The molecule has 18 heavy (non-hydrogen) atoms. The predicted octanol–water partition coefficient (Wildman–Crippen LogP) is 3.11. The molecule has 0 aliphatic carbocycles. The van der Waals surface area contributed by atoms with Crippen molar-refractivity contribution >= 4 is 17.0 Å². The molecule has 0 amide bonds. The van der Waals surface area contributed by atoms with Gasteiger partial charge < -0.3 is 10.5 Å². The molecule has 0 saturated heterocycles. The van der Waals surface area contributed by atoms with Crippen molar-refractivity contribution in [2.24, 2.45) is 0 Å². The Bertz CT molecular complexity index is 667. The van der Waals surface area contributed by atoms with E-state index in [1.807, 2.05) is 19.1 Å². The Morgan fingerprint density at radius 1 is 1.44 bits per heavy atom. The number of fused-ring (bicyclic) bond motifs is 1. The highest BCUT2D eigenvalue weighted by atomic mass is 32.1. The van der Waals surface area contributed by atoms with Crippen molar-refractivity contribution in [3.8, 4) is 22.3 Å². The smallest absolute Gasteiger partial charge is 0.128 e. The molecule has 1 aromatic carbocycles. The predicted molar refractivity (Wildman–Crippen MR) is 72.8 cm³/mol. The summed E-state index contributed by atoms with van der Waals surface area (Å²) in [5.41, 5.74) is 9.88. The van der Waals surface area contributed by atoms with Gasteiger partial charge in [-0.2, -0.15) is 5.26 Å². The number of nitrogens with two attached hydrogens (primary N) is 1. The van der Waals surface area contributed by atoms with Crippen LogP contribution in [0.3, 0.4) is 0 Å². The van der Waals surface area contributed by atoms with E-state index in [1.54, 1.807) is 0 Å². The second-order valence-corrected chi connectivity index (χ2v) is 5.35. The third-order valence-corrected chi connectivity index (χ3v) is 4.51. The maximum Gasteiger partial charge on any atom is 0.128 e. The normalized spacial score (nSPS) is 12.9. The lowest BCUT2D eigenvalue weighted by atomic mass is 10.0. The molecule has 2 aromatic rings. The molecule has 0 bridgehead atoms. The first-order valence-corrected chi connectivity index (χ1v) is 6.57. The highest BCUT2D eigenvalue weighted by molar-refractivity contribution is 7.16. The third kappa shape index (κ3) is 1.56. The molecule has 0 fully saturated rings. The molecule has 1 aliphatic heterocycles. The van der Waals surface area contributed by atoms with Crippen molar-refractivity contribution in [3.05, 3.63) is 34.2 Å². The molecule has 4 heteroatoms. The average Bonchev–Trinajstić information content (AvgIpc) is 2.95. The fraction of sp³-hybridized carbons (Fsp3) is 0.214. The van der Waals surface area contributed by atoms with Crippen LogP contribution in [0.5, 0.6) is 5.75 Å². The summed E-state index contributed by atoms with van der Waals surface area (Å²) in [7, 11) is 0. The lowest BCUT2D eigenvalue weighted by Gasteiger charge is -2.03. The van der Waals surface area contributed by atoms with Crippen LogP contribution in [0.1, 0.15) is 16.0 Å². The summed E-state index contributed by atoms with van der Waals surface area (Å²) in [6.45, 7) is 2.72. The fourth-order valence-electron chi connectivity index (χ4n) is 2.21. The van der Waals surface area contributed by atoms with Crippen LogP contribution in [0.2, 0.25) is 0 Å². The molecule has 0 radical (unpaired) electrons. The van der Waals surface area contributed by atoms with E-state index in [4.69, 9.17) is 15.7 Å². The lowest BCUT2D eigenvalue weighted by Crippen LogP contribution is -1.87. The summed E-state index contributed by atoms with van der Waals surface area (Å²) in [5.74, 6) is 0.974. The van der Waals surface area contributed by atoms with Gasteiger partial charge in [0.15, 0.2) is 0 Å². The number of hydrogen-bond donors (Lipinski definition) is 1. The molecule has 2 N–H and O–H groups in total. The average molecular weight is 256 g/mol. The van der Waals surface area contributed by atoms with Crippen molar-refractivity contribution < 1.29 is 4.74 Å². The van der Waals surface area contributed by atoms with Gasteiger partial charge in [0.05, 0.1) is 12.3 Å². The summed E-state index contributed by atoms with van der Waals surface area (Å²) >= 11 is 1.46. The van der Waals surface area contributed by atoms with Gasteiger partial charge in [0.25, 0.3) is 0 Å². The molecule has 90 valence electrons. The third-order valence-electron chi connectivity index (χ3n) is 3.25. The molecule has 0 spiro atoms. The molecule has 0 atom stereocenters. The minimum absolute atomic E-state index is 0.597. The first-order chi connectivity index (χ1) is 8.70. The van der Waals surface area contributed by atoms with E-state index in [0.29, 0.717) is 10.6 Å². The van der Waals surface area contributed by atoms with Gasteiger partial charge in [-0.3, -0.25) is 0 Å². The molecule has 0 saturated carbocycles. The second kappa shape index (κ2) is 4.04. The Morgan fingerprint density at radius 2 is 2.28 bits per heavy atom. The minimum atomic E-state index is 0.597. The van der Waals surface area contributed by atoms with Crippen molar-refractivity contribution in [1.29, 1.82) is 5.26 Å². The first-order valence-electron chi connectivity index (χ1n) is 5.75. The van der Waals surface area contributed by atoms with Gasteiger partial charge in [-0.25, -0.2) is 0 Å². The van der Waals surface area contributed by atoms with Gasteiger partial charge in [0.2, 0.25) is 0 Å². The Labute approximate surface area is 109 Å². The SMILES string of the molecule is Cc1c(-c2ccc3c(c2)CCO3)sc(C#N)c1N. The highest BCUT2D eigenvalue weighted by Crippen LogP contribution is 2.39. The summed E-state index contributed by atoms with van der Waals surface area (Å²) in [4.78, 5) is 1.68. The van der Waals surface area contributed by atoms with Crippen molar-refractivity contribution in [2.75, 3.05) is 12.3 Å². The largest absolute Gasteiger partial charge is 0.493 e. The second-order valence-electron chi connectivity index (χ2n) is 4.33. The maximum atomic E-state index is 9.02. The van der Waals surface area contributed by atoms with Crippen LogP contribution in [0.25, 0.3) is 10.4 Å². The number of anilines is 1. The summed E-state index contributed by atoms with van der Waals surface area (Å²) in [5, 5.41) is 9.02. The lowest BCUT2D eigenvalue weighted by molar-refractivity contribution is 0.357. The summed E-state index contributed by atoms with van der Waals surface area (Å²) < 4.78 is 5.50. The first kappa shape index (κ1) is 11.1. The van der Waals surface area contributed by atoms with Gasteiger partial charge in [0.1, 0.15) is 16.7 Å². The molecular formula is C14H12N2OS. The molecule has 2 heterocycles. The number of ether oxygens (including phenoxy) is 1. The van der Waals surface area contributed by atoms with Crippen LogP contribution in [-0.4, -0.2) is 6.61 Å². The minimum Gasteiger partial charge on any atom is -0.493 e. The standard InChI is InChI=1S/C14H12N2OS/c1-8-13(16)12(7-15)18-14(8)10-2-3-11-9(6-10)4-5-17-11/h2-3,6H,4-5,16H2,1H3. The number of nitrogens with zero attached hydrogens (tertiary/aromatic N) is 1. The van der Waals surface area contributed by atoms with Gasteiger partial charge >= 0.3 is 0 Å². The van der Waals surface area contributed by atoms with E-state index in [9.17, 15) is 0 Å². The monoisotopic (exact) mass is 256 g/mol. The van der Waals surface area contributed by atoms with Crippen LogP contribution in [0.4, 0.5) is 5.69 Å². The van der Waals surface area contributed by atoms with E-state index in [2.05, 4.69) is 12.1 Å². The fourth-order valence-corrected chi connectivity index (χ4v) is 3.23. The van der Waals surface area contributed by atoms with E-state index >= 15 is 0 Å². The van der Waals surface area contributed by atoms with Crippen LogP contribution in [0, 0.1) is 18.3 Å². The Kier molecular flexibility index (Phi) is 2.49. The van der Waals surface area contributed by atoms with Crippen LogP contribution in [0.15, 0.2) is 18.2 Å². The van der Waals surface area contributed by atoms with E-state index in [1.165, 1.54) is 16.9 Å². The number of benzene rings is 1. The molecule has 1 aromatic heterocycles. The van der Waals surface area contributed by atoms with Crippen molar-refractivity contribution in [1.82, 2.24) is 0 Å². The molecular weight excluding hydrogens is 244 g/mol. The zero-order chi connectivity index (χ0) is 12.7. The molecule has 3 nitrogen and oxygen atoms in total. The molecule has 3 rings (SSSR count). The van der Waals surface area contributed by atoms with Gasteiger partial charge in [0, 0.05) is 11.3 Å². The van der Waals surface area contributed by atoms with Crippen molar-refractivity contribution in [2.45, 2.75) is 13.3 Å². The van der Waals surface area contributed by atoms with Gasteiger partial charge in [-0.1, -0.05) is 0 Å². The van der Waals surface area contributed by atoms with Gasteiger partial charge in [-0.15, -0.1) is 11.3 Å². The van der Waals surface area contributed by atoms with E-state index in [0.717, 1.165) is 34.8 Å². The topological polar surface area (TPSA) is 59.0 Å². The number of thiophene rings is 1. The Balaban J connectivity index is 2.13. The maximum absolute atomic E-state index is 9.02. The summed E-state index contributed by atoms with van der Waals surface area (Å²) in [6, 6.07) is 8.32. The quantitative estimate of drug-likeness (QED) is 0.852. The van der Waals surface area contributed by atoms with Crippen molar-refractivity contribution in [3.63, 3.8) is 0 Å². The molecule has 1 aliphatic rings. The van der Waals surface area contributed by atoms with E-state index in [-0.39, 0.29) is 0 Å². The van der Waals surface area contributed by atoms with E-state index < -0.39 is 0 Å². The van der Waals surface area contributed by atoms with Crippen LogP contribution >= 0.6 is 11.3 Å². The zero-order valence-corrected chi connectivity index (χ0v) is 10.8. The number of hydrogen-bond acceptors (Lipinski definition) is 4. The number of nitrogen functional groups attached to an aromatic ring is 1. The number of rotatable bonds is 1. The highest BCUT2D eigenvalue weighted by Gasteiger charge is 2.17.